The molecule has 118 valence electrons. The Balaban J connectivity index is 2.31. The first-order chi connectivity index (χ1) is 10.5. The molecule has 0 bridgehead atoms. The van der Waals surface area contributed by atoms with Gasteiger partial charge in [0, 0.05) is 13.8 Å². The van der Waals surface area contributed by atoms with E-state index >= 15 is 0 Å². The van der Waals surface area contributed by atoms with Crippen molar-refractivity contribution in [2.45, 2.75) is 19.2 Å². The summed E-state index contributed by atoms with van der Waals surface area (Å²) in [6, 6.07) is 5.39. The number of benzene rings is 1. The number of hydrazone groups is 1. The van der Waals surface area contributed by atoms with Crippen molar-refractivity contribution in [1.82, 2.24) is 10.3 Å². The minimum Gasteiger partial charge on any atom is -0.493 e. The van der Waals surface area contributed by atoms with E-state index in [0.717, 1.165) is 5.56 Å². The maximum Gasteiger partial charge on any atom is 0.241 e. The first-order valence-corrected chi connectivity index (χ1v) is 7.38. The highest BCUT2D eigenvalue weighted by atomic mass is 32.2. The fraction of sp³-hybridized carbons (Fsp3) is 0.357. The number of hydrogen-bond donors (Lipinski definition) is 1. The first kappa shape index (κ1) is 16.2. The predicted molar refractivity (Wildman–Crippen MR) is 83.6 cm³/mol. The van der Waals surface area contributed by atoms with Crippen molar-refractivity contribution < 1.29 is 19.1 Å². The Bertz CT molecular complexity index is 633. The number of amidine groups is 1. The van der Waals surface area contributed by atoms with Crippen LogP contribution in [0.25, 0.3) is 0 Å². The molecule has 1 aliphatic heterocycles. The second-order valence-corrected chi connectivity index (χ2v) is 5.60. The molecule has 2 amide bonds. The van der Waals surface area contributed by atoms with Crippen LogP contribution >= 0.6 is 11.8 Å². The molecule has 1 aromatic carbocycles. The van der Waals surface area contributed by atoms with Crippen molar-refractivity contribution in [2.24, 2.45) is 5.10 Å². The second-order valence-electron chi connectivity index (χ2n) is 4.53. The molecule has 8 heteroatoms. The SMILES string of the molecule is COc1ccc(C2SC(NC(C)=O)=NN2C(C)=O)cc1OC. The van der Waals surface area contributed by atoms with Gasteiger partial charge in [-0.2, -0.15) is 0 Å². The van der Waals surface area contributed by atoms with Crippen LogP contribution < -0.4 is 14.8 Å². The Kier molecular flexibility index (Phi) is 4.92. The van der Waals surface area contributed by atoms with Gasteiger partial charge in [-0.25, -0.2) is 5.01 Å². The number of carbonyl (C=O) groups is 2. The average molecular weight is 323 g/mol. The van der Waals surface area contributed by atoms with Gasteiger partial charge in [-0.1, -0.05) is 17.8 Å². The molecule has 0 saturated heterocycles. The number of nitrogens with zero attached hydrogens (tertiary/aromatic N) is 2. The molecule has 1 aromatic rings. The maximum absolute atomic E-state index is 11.8. The summed E-state index contributed by atoms with van der Waals surface area (Å²) >= 11 is 1.29. The van der Waals surface area contributed by atoms with Gasteiger partial charge in [-0.15, -0.1) is 5.10 Å². The summed E-state index contributed by atoms with van der Waals surface area (Å²) in [4.78, 5) is 22.9. The third-order valence-electron chi connectivity index (χ3n) is 2.94. The van der Waals surface area contributed by atoms with E-state index in [2.05, 4.69) is 10.4 Å². The zero-order valence-corrected chi connectivity index (χ0v) is 13.6. The topological polar surface area (TPSA) is 80.2 Å². The van der Waals surface area contributed by atoms with Gasteiger partial charge in [0.2, 0.25) is 11.8 Å². The molecule has 1 aliphatic rings. The van der Waals surface area contributed by atoms with Crippen LogP contribution in [0.1, 0.15) is 24.8 Å². The Morgan fingerprint density at radius 3 is 2.45 bits per heavy atom. The Hall–Kier alpha value is -2.22. The molecule has 1 unspecified atom stereocenters. The minimum atomic E-state index is -0.362. The van der Waals surface area contributed by atoms with E-state index in [4.69, 9.17) is 9.47 Å². The highest BCUT2D eigenvalue weighted by Gasteiger charge is 2.32. The molecule has 7 nitrogen and oxygen atoms in total. The molecule has 0 aromatic heterocycles. The van der Waals surface area contributed by atoms with Crippen LogP contribution in [-0.2, 0) is 9.59 Å². The van der Waals surface area contributed by atoms with E-state index < -0.39 is 0 Å². The number of hydrogen-bond acceptors (Lipinski definition) is 6. The van der Waals surface area contributed by atoms with Crippen LogP contribution in [-0.4, -0.2) is 36.2 Å². The van der Waals surface area contributed by atoms with Gasteiger partial charge < -0.3 is 14.8 Å². The Morgan fingerprint density at radius 1 is 1.23 bits per heavy atom. The smallest absolute Gasteiger partial charge is 0.241 e. The van der Waals surface area contributed by atoms with E-state index in [9.17, 15) is 9.59 Å². The monoisotopic (exact) mass is 323 g/mol. The van der Waals surface area contributed by atoms with Crippen molar-refractivity contribution in [3.05, 3.63) is 23.8 Å². The van der Waals surface area contributed by atoms with Crippen LogP contribution in [0.2, 0.25) is 0 Å². The summed E-state index contributed by atoms with van der Waals surface area (Å²) in [6.07, 6.45) is 0. The lowest BCUT2D eigenvalue weighted by Gasteiger charge is -2.20. The lowest BCUT2D eigenvalue weighted by molar-refractivity contribution is -0.129. The van der Waals surface area contributed by atoms with Crippen LogP contribution in [0, 0.1) is 0 Å². The highest BCUT2D eigenvalue weighted by molar-refractivity contribution is 8.14. The molecule has 0 fully saturated rings. The maximum atomic E-state index is 11.8. The van der Waals surface area contributed by atoms with Gasteiger partial charge >= 0.3 is 0 Å². The average Bonchev–Trinajstić information content (AvgIpc) is 2.89. The van der Waals surface area contributed by atoms with Gasteiger partial charge in [-0.05, 0) is 17.7 Å². The van der Waals surface area contributed by atoms with Crippen LogP contribution in [0.15, 0.2) is 23.3 Å². The van der Waals surface area contributed by atoms with Crippen LogP contribution in [0.4, 0.5) is 0 Å². The second kappa shape index (κ2) is 6.69. The van der Waals surface area contributed by atoms with Crippen LogP contribution in [0.5, 0.6) is 11.5 Å². The van der Waals surface area contributed by atoms with Gasteiger partial charge in [0.25, 0.3) is 0 Å². The predicted octanol–water partition coefficient (Wildman–Crippen LogP) is 1.70. The zero-order valence-electron chi connectivity index (χ0n) is 12.7. The standard InChI is InChI=1S/C14H17N3O4S/c1-8(18)15-14-16-17(9(2)19)13(22-14)10-5-6-11(20-3)12(7-10)21-4/h5-7,13H,1-4H3,(H,15,16,18). The van der Waals surface area contributed by atoms with Gasteiger partial charge in [0.15, 0.2) is 16.7 Å². The van der Waals surface area contributed by atoms with Crippen molar-refractivity contribution >= 4 is 28.7 Å². The fourth-order valence-electron chi connectivity index (χ4n) is 1.99. The molecule has 1 heterocycles. The van der Waals surface area contributed by atoms with E-state index in [1.54, 1.807) is 26.4 Å². The molecule has 1 atom stereocenters. The van der Waals surface area contributed by atoms with Crippen molar-refractivity contribution in [2.75, 3.05) is 14.2 Å². The highest BCUT2D eigenvalue weighted by Crippen LogP contribution is 2.41. The molecule has 0 aliphatic carbocycles. The number of thioether (sulfide) groups is 1. The summed E-state index contributed by atoms with van der Waals surface area (Å²) < 4.78 is 10.5. The number of methoxy groups -OCH3 is 2. The number of rotatable bonds is 3. The number of amides is 2. The zero-order chi connectivity index (χ0) is 16.3. The summed E-state index contributed by atoms with van der Waals surface area (Å²) in [5, 5.41) is 8.10. The third-order valence-corrected chi connectivity index (χ3v) is 4.04. The molecular formula is C14H17N3O4S. The summed E-state index contributed by atoms with van der Waals surface area (Å²) in [5.41, 5.74) is 0.821. The summed E-state index contributed by atoms with van der Waals surface area (Å²) in [6.45, 7) is 2.82. The largest absolute Gasteiger partial charge is 0.493 e. The van der Waals surface area contributed by atoms with E-state index in [-0.39, 0.29) is 17.2 Å². The molecule has 22 heavy (non-hydrogen) atoms. The third kappa shape index (κ3) is 3.33. The van der Waals surface area contributed by atoms with Crippen molar-refractivity contribution in [3.8, 4) is 11.5 Å². The minimum absolute atomic E-state index is 0.215. The van der Waals surface area contributed by atoms with E-state index in [0.29, 0.717) is 16.7 Å². The normalized spacial score (nSPS) is 17.0. The van der Waals surface area contributed by atoms with Crippen molar-refractivity contribution in [1.29, 1.82) is 0 Å². The number of nitrogens with one attached hydrogen (secondary N) is 1. The van der Waals surface area contributed by atoms with Gasteiger partial charge in [0.1, 0.15) is 5.37 Å². The van der Waals surface area contributed by atoms with Crippen molar-refractivity contribution in [3.63, 3.8) is 0 Å². The lowest BCUT2D eigenvalue weighted by atomic mass is 10.2. The first-order valence-electron chi connectivity index (χ1n) is 6.50. The molecular weight excluding hydrogens is 306 g/mol. The molecule has 0 saturated carbocycles. The summed E-state index contributed by atoms with van der Waals surface area (Å²) in [7, 11) is 3.10. The molecule has 0 radical (unpaired) electrons. The van der Waals surface area contributed by atoms with Gasteiger partial charge in [0.05, 0.1) is 14.2 Å². The molecule has 1 N–H and O–H groups in total. The van der Waals surface area contributed by atoms with Crippen LogP contribution in [0.3, 0.4) is 0 Å². The van der Waals surface area contributed by atoms with Gasteiger partial charge in [-0.3, -0.25) is 9.59 Å². The Morgan fingerprint density at radius 2 is 1.91 bits per heavy atom. The van der Waals surface area contributed by atoms with E-state index in [1.807, 2.05) is 6.07 Å². The number of ether oxygens (including phenoxy) is 2. The Labute approximate surface area is 132 Å². The lowest BCUT2D eigenvalue weighted by Crippen LogP contribution is -2.25. The quantitative estimate of drug-likeness (QED) is 0.916. The molecule has 0 spiro atoms. The fourth-order valence-corrected chi connectivity index (χ4v) is 3.11. The van der Waals surface area contributed by atoms with E-state index in [1.165, 1.54) is 30.6 Å². The molecule has 2 rings (SSSR count). The summed E-state index contributed by atoms with van der Waals surface area (Å²) in [5.74, 6) is 0.721. The number of carbonyl (C=O) groups excluding carboxylic acids is 2.